The molecule has 10 heteroatoms. The maximum absolute atomic E-state index is 13.9. The standard InChI is InChI=1S/C34H14Br2N4O4/c35-23-13-22-26-20(32(42)40(34(22)44)16-7-11-38-12-8-16)4-2-18-28-24(36)14-21-25-19(3-1-17(29(25)28)27(23)30(18)26)31(41)39(33(21)43)15-5-9-37-10-6-15/h1-14H. The molecular weight excluding hydrogens is 688 g/mol. The number of carbonyl (C=O) groups is 4. The third-order valence-electron chi connectivity index (χ3n) is 8.58. The lowest BCUT2D eigenvalue weighted by molar-refractivity contribution is 0.0877. The second-order valence-corrected chi connectivity index (χ2v) is 12.4. The Labute approximate surface area is 264 Å². The van der Waals surface area contributed by atoms with Gasteiger partial charge in [0.2, 0.25) is 0 Å². The molecule has 0 N–H and O–H groups in total. The number of hydrogen-bond donors (Lipinski definition) is 0. The highest BCUT2D eigenvalue weighted by Crippen LogP contribution is 2.50. The van der Waals surface area contributed by atoms with Crippen molar-refractivity contribution in [3.63, 3.8) is 0 Å². The highest BCUT2D eigenvalue weighted by Gasteiger charge is 2.39. The van der Waals surface area contributed by atoms with Crippen molar-refractivity contribution >= 4 is 110 Å². The number of nitrogens with zero attached hydrogens (tertiary/aromatic N) is 4. The van der Waals surface area contributed by atoms with Gasteiger partial charge < -0.3 is 0 Å². The predicted octanol–water partition coefficient (Wildman–Crippen LogP) is 7.65. The highest BCUT2D eigenvalue weighted by atomic mass is 79.9. The van der Waals surface area contributed by atoms with Crippen LogP contribution in [0.4, 0.5) is 11.4 Å². The summed E-state index contributed by atoms with van der Waals surface area (Å²) >= 11 is 7.49. The molecule has 0 aliphatic carbocycles. The number of imide groups is 2. The van der Waals surface area contributed by atoms with Crippen molar-refractivity contribution in [3.8, 4) is 0 Å². The molecule has 2 aliphatic heterocycles. The first-order valence-electron chi connectivity index (χ1n) is 13.5. The lowest BCUT2D eigenvalue weighted by atomic mass is 9.82. The van der Waals surface area contributed by atoms with E-state index in [1.54, 1.807) is 73.3 Å². The molecule has 5 aromatic carbocycles. The van der Waals surface area contributed by atoms with Crippen molar-refractivity contribution in [2.45, 2.75) is 0 Å². The van der Waals surface area contributed by atoms with Crippen LogP contribution in [0.5, 0.6) is 0 Å². The van der Waals surface area contributed by atoms with E-state index in [4.69, 9.17) is 0 Å². The molecule has 0 saturated heterocycles. The predicted molar refractivity (Wildman–Crippen MR) is 174 cm³/mol. The zero-order chi connectivity index (χ0) is 30.0. The first kappa shape index (κ1) is 25.4. The van der Waals surface area contributed by atoms with E-state index in [0.717, 1.165) is 32.3 Å². The lowest BCUT2D eigenvalue weighted by Gasteiger charge is -2.30. The number of aromatic nitrogens is 2. The van der Waals surface area contributed by atoms with Gasteiger partial charge in [0, 0.05) is 77.2 Å². The number of fused-ring (bicyclic) bond motifs is 2. The van der Waals surface area contributed by atoms with Gasteiger partial charge in [-0.1, -0.05) is 44.0 Å². The Hall–Kier alpha value is -5.06. The number of pyridine rings is 2. The number of anilines is 2. The van der Waals surface area contributed by atoms with Crippen LogP contribution in [-0.4, -0.2) is 33.6 Å². The zero-order valence-electron chi connectivity index (χ0n) is 22.3. The average Bonchev–Trinajstić information content (AvgIpc) is 3.04. The molecule has 0 atom stereocenters. The number of carbonyl (C=O) groups excluding carboxylic acids is 4. The summed E-state index contributed by atoms with van der Waals surface area (Å²) in [6, 6.07) is 17.3. The normalized spacial score (nSPS) is 14.7. The van der Waals surface area contributed by atoms with Crippen LogP contribution in [0, 0.1) is 0 Å². The summed E-state index contributed by atoms with van der Waals surface area (Å²) in [6.07, 6.45) is 6.17. The summed E-state index contributed by atoms with van der Waals surface area (Å²) in [5.41, 5.74) is 2.49. The summed E-state index contributed by atoms with van der Waals surface area (Å²) in [4.78, 5) is 66.0. The summed E-state index contributed by atoms with van der Waals surface area (Å²) in [6.45, 7) is 0. The number of halogens is 2. The molecular formula is C34H14Br2N4O4. The van der Waals surface area contributed by atoms with E-state index in [9.17, 15) is 19.2 Å². The second kappa shape index (κ2) is 8.75. The van der Waals surface area contributed by atoms with E-state index < -0.39 is 23.6 Å². The van der Waals surface area contributed by atoms with Crippen LogP contribution in [0.3, 0.4) is 0 Å². The Morgan fingerprint density at radius 3 is 1.18 bits per heavy atom. The van der Waals surface area contributed by atoms with E-state index in [2.05, 4.69) is 41.8 Å². The lowest BCUT2D eigenvalue weighted by Crippen LogP contribution is -2.40. The first-order valence-corrected chi connectivity index (χ1v) is 15.1. The van der Waals surface area contributed by atoms with Gasteiger partial charge in [0.1, 0.15) is 0 Å². The van der Waals surface area contributed by atoms with Gasteiger partial charge in [-0.15, -0.1) is 0 Å². The molecule has 0 unspecified atom stereocenters. The fourth-order valence-electron chi connectivity index (χ4n) is 6.82. The van der Waals surface area contributed by atoms with Crippen molar-refractivity contribution in [1.29, 1.82) is 0 Å². The van der Waals surface area contributed by atoms with Crippen LogP contribution < -0.4 is 9.80 Å². The topological polar surface area (TPSA) is 101 Å². The fourth-order valence-corrected chi connectivity index (χ4v) is 8.11. The second-order valence-electron chi connectivity index (χ2n) is 10.7. The van der Waals surface area contributed by atoms with Crippen LogP contribution in [0.1, 0.15) is 41.4 Å². The van der Waals surface area contributed by atoms with Crippen molar-refractivity contribution in [3.05, 3.63) is 117 Å². The summed E-state index contributed by atoms with van der Waals surface area (Å²) in [5.74, 6) is -1.70. The number of amides is 4. The fraction of sp³-hybridized carbons (Fsp3) is 0. The number of rotatable bonds is 2. The smallest absolute Gasteiger partial charge is 0.266 e. The Bertz CT molecular complexity index is 2320. The Kier molecular flexibility index (Phi) is 5.06. The van der Waals surface area contributed by atoms with Crippen LogP contribution in [0.25, 0.3) is 43.1 Å². The van der Waals surface area contributed by atoms with Gasteiger partial charge in [-0.05, 0) is 59.3 Å². The minimum Gasteiger partial charge on any atom is -0.268 e. The van der Waals surface area contributed by atoms with Crippen molar-refractivity contribution in [2.24, 2.45) is 0 Å². The molecule has 8 nitrogen and oxygen atoms in total. The zero-order valence-corrected chi connectivity index (χ0v) is 25.4. The monoisotopic (exact) mass is 700 g/mol. The highest BCUT2D eigenvalue weighted by molar-refractivity contribution is 9.11. The van der Waals surface area contributed by atoms with Crippen molar-refractivity contribution < 1.29 is 19.2 Å². The minimum atomic E-state index is -0.430. The van der Waals surface area contributed by atoms with Gasteiger partial charge in [-0.2, -0.15) is 0 Å². The molecule has 9 rings (SSSR count). The van der Waals surface area contributed by atoms with Gasteiger partial charge in [0.25, 0.3) is 23.6 Å². The van der Waals surface area contributed by atoms with Crippen LogP contribution in [0.15, 0.2) is 94.4 Å². The van der Waals surface area contributed by atoms with Gasteiger partial charge in [-0.3, -0.25) is 29.1 Å². The summed E-state index contributed by atoms with van der Waals surface area (Å²) in [7, 11) is 0. The molecule has 2 aromatic heterocycles. The average molecular weight is 702 g/mol. The largest absolute Gasteiger partial charge is 0.268 e. The van der Waals surface area contributed by atoms with E-state index in [-0.39, 0.29) is 0 Å². The van der Waals surface area contributed by atoms with E-state index in [1.807, 2.05) is 12.1 Å². The molecule has 7 aromatic rings. The number of hydrogen-bond acceptors (Lipinski definition) is 6. The molecule has 4 amide bonds. The van der Waals surface area contributed by atoms with E-state index in [1.165, 1.54) is 9.80 Å². The Morgan fingerprint density at radius 2 is 0.795 bits per heavy atom. The van der Waals surface area contributed by atoms with Crippen LogP contribution in [-0.2, 0) is 0 Å². The third-order valence-corrected chi connectivity index (χ3v) is 9.83. The first-order chi connectivity index (χ1) is 21.4. The molecule has 2 aliphatic rings. The molecule has 208 valence electrons. The van der Waals surface area contributed by atoms with Gasteiger partial charge in [-0.25, -0.2) is 9.80 Å². The molecule has 4 heterocycles. The van der Waals surface area contributed by atoms with Gasteiger partial charge >= 0.3 is 0 Å². The van der Waals surface area contributed by atoms with Gasteiger partial charge in [0.05, 0.1) is 22.5 Å². The SMILES string of the molecule is O=C1c2ccc3c4c(Br)cc5c6c(ccc(c7c(Br)cc(c2c37)C(=O)N1c1ccncc1)c64)C(=O)N(c1ccncc1)C5=O. The molecule has 0 spiro atoms. The summed E-state index contributed by atoms with van der Waals surface area (Å²) in [5, 5.41) is 5.82. The van der Waals surface area contributed by atoms with Gasteiger partial charge in [0.15, 0.2) is 0 Å². The Balaban J connectivity index is 1.40. The molecule has 0 fully saturated rings. The van der Waals surface area contributed by atoms with E-state index in [0.29, 0.717) is 53.3 Å². The maximum Gasteiger partial charge on any atom is 0.266 e. The third kappa shape index (κ3) is 3.06. The molecule has 0 radical (unpaired) electrons. The molecule has 0 bridgehead atoms. The van der Waals surface area contributed by atoms with E-state index >= 15 is 0 Å². The molecule has 0 saturated carbocycles. The van der Waals surface area contributed by atoms with Crippen molar-refractivity contribution in [2.75, 3.05) is 9.80 Å². The molecule has 44 heavy (non-hydrogen) atoms. The maximum atomic E-state index is 13.9. The quantitative estimate of drug-likeness (QED) is 0.104. The number of benzene rings is 5. The van der Waals surface area contributed by atoms with Crippen molar-refractivity contribution in [1.82, 2.24) is 9.97 Å². The minimum absolute atomic E-state index is 0.396. The Morgan fingerprint density at radius 1 is 0.432 bits per heavy atom. The van der Waals surface area contributed by atoms with Crippen LogP contribution in [0.2, 0.25) is 0 Å². The summed E-state index contributed by atoms with van der Waals surface area (Å²) < 4.78 is 1.32. The van der Waals surface area contributed by atoms with Crippen LogP contribution >= 0.6 is 31.9 Å².